The first-order valence-corrected chi connectivity index (χ1v) is 11.2. The Morgan fingerprint density at radius 3 is 2.50 bits per heavy atom. The van der Waals surface area contributed by atoms with Crippen LogP contribution in [0.5, 0.6) is 0 Å². The summed E-state index contributed by atoms with van der Waals surface area (Å²) in [5.41, 5.74) is 4.51. The highest BCUT2D eigenvalue weighted by molar-refractivity contribution is 5.81. The minimum atomic E-state index is -4.48. The van der Waals surface area contributed by atoms with Crippen molar-refractivity contribution in [3.8, 4) is 0 Å². The number of aromatic nitrogens is 1. The maximum Gasteiger partial charge on any atom is 0.416 e. The van der Waals surface area contributed by atoms with Crippen LogP contribution in [0.4, 0.5) is 23.8 Å². The quantitative estimate of drug-likeness (QED) is 0.647. The molecule has 4 N–H and O–H groups in total. The van der Waals surface area contributed by atoms with Crippen LogP contribution in [0.1, 0.15) is 44.1 Å². The fraction of sp³-hybridized carbons (Fsp3) is 0.682. The summed E-state index contributed by atoms with van der Waals surface area (Å²) < 4.78 is 39.4. The number of carboxylic acid groups (broad SMARTS) is 1. The highest BCUT2D eigenvalue weighted by Gasteiger charge is 2.61. The van der Waals surface area contributed by atoms with Gasteiger partial charge in [-0.15, -0.1) is 0 Å². The predicted molar refractivity (Wildman–Crippen MR) is 108 cm³/mol. The lowest BCUT2D eigenvalue weighted by Gasteiger charge is -2.61. The molecule has 174 valence electrons. The van der Waals surface area contributed by atoms with Crippen LogP contribution in [0.3, 0.4) is 0 Å². The molecule has 2 amide bonds. The van der Waals surface area contributed by atoms with Gasteiger partial charge in [-0.05, 0) is 74.3 Å². The Morgan fingerprint density at radius 2 is 1.91 bits per heavy atom. The van der Waals surface area contributed by atoms with Gasteiger partial charge in [0.15, 0.2) is 0 Å². The number of rotatable bonds is 4. The third-order valence-electron chi connectivity index (χ3n) is 8.38. The van der Waals surface area contributed by atoms with Crippen molar-refractivity contribution in [1.82, 2.24) is 9.88 Å². The molecule has 5 fully saturated rings. The molecule has 4 aliphatic carbocycles. The molecule has 0 spiro atoms. The van der Waals surface area contributed by atoms with Crippen molar-refractivity contribution in [1.29, 1.82) is 0 Å². The smallest absolute Gasteiger partial charge is 0.416 e. The van der Waals surface area contributed by atoms with Gasteiger partial charge in [0.25, 0.3) is 0 Å². The first kappa shape index (κ1) is 21.3. The number of pyridine rings is 1. The van der Waals surface area contributed by atoms with Crippen molar-refractivity contribution in [2.75, 3.05) is 11.9 Å². The van der Waals surface area contributed by atoms with Crippen molar-refractivity contribution >= 4 is 17.8 Å². The van der Waals surface area contributed by atoms with Gasteiger partial charge in [0.2, 0.25) is 5.91 Å². The van der Waals surface area contributed by atoms with Crippen LogP contribution in [0.15, 0.2) is 18.3 Å². The van der Waals surface area contributed by atoms with Crippen LogP contribution >= 0.6 is 0 Å². The maximum absolute atomic E-state index is 13.1. The van der Waals surface area contributed by atoms with Crippen LogP contribution in [-0.2, 0) is 11.0 Å². The molecule has 1 aliphatic heterocycles. The summed E-state index contributed by atoms with van der Waals surface area (Å²) in [5, 5.41) is 13.0. The number of carbonyl (C=O) groups excluding carboxylic acids is 1. The Hall–Kier alpha value is -2.52. The van der Waals surface area contributed by atoms with Crippen LogP contribution in [-0.4, -0.2) is 45.6 Å². The van der Waals surface area contributed by atoms with E-state index in [1.54, 1.807) is 0 Å². The third kappa shape index (κ3) is 3.38. The number of amides is 2. The lowest BCUT2D eigenvalue weighted by molar-refractivity contribution is -0.154. The number of halogens is 3. The Kier molecular flexibility index (Phi) is 4.83. The van der Waals surface area contributed by atoms with E-state index in [1.807, 2.05) is 0 Å². The number of hydrogen-bond acceptors (Lipinski definition) is 4. The van der Waals surface area contributed by atoms with E-state index >= 15 is 0 Å². The summed E-state index contributed by atoms with van der Waals surface area (Å²) in [4.78, 5) is 29.8. The summed E-state index contributed by atoms with van der Waals surface area (Å²) in [6.07, 6.45) is 0.200. The number of hydrogen-bond donors (Lipinski definition) is 3. The topological polar surface area (TPSA) is 109 Å². The number of carbonyl (C=O) groups is 2. The Morgan fingerprint density at radius 1 is 1.22 bits per heavy atom. The molecule has 5 aliphatic rings. The van der Waals surface area contributed by atoms with Gasteiger partial charge in [0.05, 0.1) is 17.6 Å². The molecule has 4 bridgehead atoms. The van der Waals surface area contributed by atoms with Gasteiger partial charge >= 0.3 is 12.3 Å². The zero-order valence-electron chi connectivity index (χ0n) is 17.5. The minimum Gasteiger partial charge on any atom is -0.465 e. The Bertz CT molecular complexity index is 923. The van der Waals surface area contributed by atoms with E-state index in [9.17, 15) is 27.9 Å². The van der Waals surface area contributed by atoms with Gasteiger partial charge in [0.1, 0.15) is 5.82 Å². The molecule has 1 aromatic rings. The normalized spacial score (nSPS) is 38.2. The van der Waals surface area contributed by atoms with Gasteiger partial charge in [-0.1, -0.05) is 0 Å². The van der Waals surface area contributed by atoms with Gasteiger partial charge < -0.3 is 21.1 Å². The van der Waals surface area contributed by atoms with E-state index in [1.165, 1.54) is 4.90 Å². The summed E-state index contributed by atoms with van der Waals surface area (Å²) in [7, 11) is 0. The first-order valence-electron chi connectivity index (χ1n) is 11.2. The maximum atomic E-state index is 13.1. The van der Waals surface area contributed by atoms with Gasteiger partial charge in [-0.25, -0.2) is 9.78 Å². The summed E-state index contributed by atoms with van der Waals surface area (Å²) in [5.74, 6) is 0.725. The minimum absolute atomic E-state index is 0.0564. The molecule has 1 aromatic heterocycles. The largest absolute Gasteiger partial charge is 0.465 e. The van der Waals surface area contributed by atoms with Gasteiger partial charge in [-0.3, -0.25) is 4.79 Å². The van der Waals surface area contributed by atoms with Crippen LogP contribution in [0.25, 0.3) is 0 Å². The molecule has 0 radical (unpaired) electrons. The van der Waals surface area contributed by atoms with E-state index in [2.05, 4.69) is 10.3 Å². The zero-order valence-corrected chi connectivity index (χ0v) is 17.5. The SMILES string of the molecule is NC(=O)[C@]12CC3CC(C1)C([C@@H]1C(Nc4cc(C(F)(F)F)ccn4)CCN1C(=O)O)[C@@H](C3)C2. The molecule has 7 nitrogen and oxygen atoms in total. The number of anilines is 1. The van der Waals surface area contributed by atoms with E-state index in [0.29, 0.717) is 31.7 Å². The van der Waals surface area contributed by atoms with Crippen molar-refractivity contribution in [2.45, 2.75) is 56.8 Å². The molecule has 1 saturated heterocycles. The van der Waals surface area contributed by atoms with Crippen molar-refractivity contribution in [3.63, 3.8) is 0 Å². The Labute approximate surface area is 183 Å². The fourth-order valence-electron chi connectivity index (χ4n) is 7.47. The van der Waals surface area contributed by atoms with Crippen LogP contribution in [0.2, 0.25) is 0 Å². The Balaban J connectivity index is 1.43. The second kappa shape index (κ2) is 7.25. The average Bonchev–Trinajstić information content (AvgIpc) is 3.10. The molecule has 4 unspecified atom stereocenters. The monoisotopic (exact) mass is 452 g/mol. The number of alkyl halides is 3. The summed E-state index contributed by atoms with van der Waals surface area (Å²) >= 11 is 0. The molecular formula is C22H27F3N4O3. The van der Waals surface area contributed by atoms with Crippen LogP contribution in [0, 0.1) is 29.1 Å². The molecule has 10 heteroatoms. The molecular weight excluding hydrogens is 425 g/mol. The fourth-order valence-corrected chi connectivity index (χ4v) is 7.47. The summed E-state index contributed by atoms with van der Waals surface area (Å²) in [6, 6.07) is 1.18. The number of nitrogens with one attached hydrogen (secondary N) is 1. The van der Waals surface area contributed by atoms with Gasteiger partial charge in [0, 0.05) is 18.2 Å². The predicted octanol–water partition coefficient (Wildman–Crippen LogP) is 3.56. The van der Waals surface area contributed by atoms with E-state index in [-0.39, 0.29) is 41.6 Å². The number of nitrogens with two attached hydrogens (primary N) is 1. The van der Waals surface area contributed by atoms with E-state index in [0.717, 1.165) is 37.6 Å². The molecule has 0 aromatic carbocycles. The summed E-state index contributed by atoms with van der Waals surface area (Å²) in [6.45, 7) is 0.316. The van der Waals surface area contributed by atoms with E-state index < -0.39 is 23.2 Å². The van der Waals surface area contributed by atoms with E-state index in [4.69, 9.17) is 5.73 Å². The highest BCUT2D eigenvalue weighted by atomic mass is 19.4. The third-order valence-corrected chi connectivity index (χ3v) is 8.38. The molecule has 7 atom stereocenters. The number of nitrogens with zero attached hydrogens (tertiary/aromatic N) is 2. The number of primary amides is 1. The lowest BCUT2D eigenvalue weighted by Crippen LogP contribution is -2.61. The molecule has 2 heterocycles. The van der Waals surface area contributed by atoms with Crippen molar-refractivity contribution < 1.29 is 27.9 Å². The molecule has 4 saturated carbocycles. The average molecular weight is 452 g/mol. The zero-order chi connectivity index (χ0) is 22.8. The molecule has 6 rings (SSSR count). The van der Waals surface area contributed by atoms with Crippen molar-refractivity contribution in [2.24, 2.45) is 34.8 Å². The second-order valence-corrected chi connectivity index (χ2v) is 10.1. The lowest BCUT2D eigenvalue weighted by atomic mass is 9.44. The highest BCUT2D eigenvalue weighted by Crippen LogP contribution is 2.63. The molecule has 32 heavy (non-hydrogen) atoms. The van der Waals surface area contributed by atoms with Crippen molar-refractivity contribution in [3.05, 3.63) is 23.9 Å². The standard InChI is InChI=1S/C22H27F3N4O3/c23-22(24,25)14-1-3-27-16(7-14)28-15-2-4-29(20(31)32)18(15)17-12-5-11-6-13(17)10-21(8-11,9-12)19(26)30/h1,3,7,11-13,15,17-18H,2,4-6,8-10H2,(H2,26,30)(H,27,28)(H,31,32)/t11?,12-,13?,15?,17?,18-,21-/m0/s1. The van der Waals surface area contributed by atoms with Crippen LogP contribution < -0.4 is 11.1 Å². The first-order chi connectivity index (χ1) is 15.1. The second-order valence-electron chi connectivity index (χ2n) is 10.1. The van der Waals surface area contributed by atoms with Gasteiger partial charge in [-0.2, -0.15) is 13.2 Å². The number of likely N-dealkylation sites (tertiary alicyclic amines) is 1.